The summed E-state index contributed by atoms with van der Waals surface area (Å²) in [5, 5.41) is 1.04. The molecule has 2 aliphatic rings. The SMILES string of the molecule is CCC(=O)N1CCc2c(nc(C3CCCCN3C(=O)c3cc4c(C)cccc4[nH]3)[nH]c2=O)C1. The van der Waals surface area contributed by atoms with Crippen LogP contribution in [0.15, 0.2) is 29.1 Å². The van der Waals surface area contributed by atoms with Crippen molar-refractivity contribution in [2.24, 2.45) is 0 Å². The lowest BCUT2D eigenvalue weighted by Crippen LogP contribution is -2.42. The number of carbonyl (C=O) groups excluding carboxylic acids is 2. The van der Waals surface area contributed by atoms with Crippen molar-refractivity contribution in [3.05, 3.63) is 63.0 Å². The summed E-state index contributed by atoms with van der Waals surface area (Å²) in [6.45, 7) is 5.37. The zero-order chi connectivity index (χ0) is 23.1. The molecule has 1 fully saturated rings. The van der Waals surface area contributed by atoms with Gasteiger partial charge in [-0.15, -0.1) is 0 Å². The first-order chi connectivity index (χ1) is 16.0. The highest BCUT2D eigenvalue weighted by molar-refractivity contribution is 5.99. The monoisotopic (exact) mass is 447 g/mol. The fourth-order valence-electron chi connectivity index (χ4n) is 5.09. The molecule has 1 aromatic carbocycles. The van der Waals surface area contributed by atoms with Crippen molar-refractivity contribution in [2.45, 2.75) is 58.5 Å². The number of aromatic amines is 2. The Morgan fingerprint density at radius 1 is 1.18 bits per heavy atom. The van der Waals surface area contributed by atoms with Gasteiger partial charge in [0, 0.05) is 36.0 Å². The van der Waals surface area contributed by atoms with Gasteiger partial charge in [-0.2, -0.15) is 0 Å². The van der Waals surface area contributed by atoms with Crippen molar-refractivity contribution in [3.63, 3.8) is 0 Å². The number of rotatable bonds is 3. The van der Waals surface area contributed by atoms with E-state index < -0.39 is 0 Å². The van der Waals surface area contributed by atoms with Gasteiger partial charge in [0.25, 0.3) is 11.5 Å². The molecule has 172 valence electrons. The first-order valence-electron chi connectivity index (χ1n) is 11.7. The number of aromatic nitrogens is 3. The molecule has 1 atom stereocenters. The van der Waals surface area contributed by atoms with Crippen molar-refractivity contribution in [1.29, 1.82) is 0 Å². The summed E-state index contributed by atoms with van der Waals surface area (Å²) in [7, 11) is 0. The molecular formula is C25H29N5O3. The number of H-pyrrole nitrogens is 2. The van der Waals surface area contributed by atoms with Gasteiger partial charge in [0.2, 0.25) is 5.91 Å². The topological polar surface area (TPSA) is 102 Å². The smallest absolute Gasteiger partial charge is 0.270 e. The Labute approximate surface area is 192 Å². The minimum atomic E-state index is -0.297. The Hall–Kier alpha value is -3.42. The largest absolute Gasteiger partial charge is 0.351 e. The normalized spacial score (nSPS) is 18.4. The van der Waals surface area contributed by atoms with Crippen LogP contribution in [0, 0.1) is 6.92 Å². The first kappa shape index (κ1) is 21.4. The van der Waals surface area contributed by atoms with E-state index in [2.05, 4.69) is 9.97 Å². The van der Waals surface area contributed by atoms with Gasteiger partial charge in [-0.1, -0.05) is 19.1 Å². The van der Waals surface area contributed by atoms with Crippen LogP contribution in [0.25, 0.3) is 10.9 Å². The van der Waals surface area contributed by atoms with Crippen LogP contribution in [0.2, 0.25) is 0 Å². The molecule has 8 heteroatoms. The second-order valence-corrected chi connectivity index (χ2v) is 9.02. The Morgan fingerprint density at radius 3 is 2.82 bits per heavy atom. The lowest BCUT2D eigenvalue weighted by atomic mass is 9.99. The summed E-state index contributed by atoms with van der Waals surface area (Å²) in [5.41, 5.74) is 3.75. The van der Waals surface area contributed by atoms with Gasteiger partial charge < -0.3 is 19.8 Å². The van der Waals surface area contributed by atoms with E-state index in [0.29, 0.717) is 55.3 Å². The van der Waals surface area contributed by atoms with E-state index in [0.717, 1.165) is 35.7 Å². The molecule has 5 rings (SSSR count). The number of nitrogens with zero attached hydrogens (tertiary/aromatic N) is 3. The molecule has 1 unspecified atom stereocenters. The fraction of sp³-hybridized carbons (Fsp3) is 0.440. The third-order valence-electron chi connectivity index (χ3n) is 6.94. The second-order valence-electron chi connectivity index (χ2n) is 9.02. The summed E-state index contributed by atoms with van der Waals surface area (Å²) >= 11 is 0. The number of fused-ring (bicyclic) bond motifs is 2. The molecule has 33 heavy (non-hydrogen) atoms. The first-order valence-corrected chi connectivity index (χ1v) is 11.7. The van der Waals surface area contributed by atoms with E-state index in [-0.39, 0.29) is 23.4 Å². The molecular weight excluding hydrogens is 418 g/mol. The Balaban J connectivity index is 1.48. The summed E-state index contributed by atoms with van der Waals surface area (Å²) < 4.78 is 0. The van der Waals surface area contributed by atoms with Crippen LogP contribution in [0.4, 0.5) is 0 Å². The van der Waals surface area contributed by atoms with Gasteiger partial charge in [-0.3, -0.25) is 14.4 Å². The predicted octanol–water partition coefficient (Wildman–Crippen LogP) is 3.22. The maximum absolute atomic E-state index is 13.5. The quantitative estimate of drug-likeness (QED) is 0.644. The third-order valence-corrected chi connectivity index (χ3v) is 6.94. The Kier molecular flexibility index (Phi) is 5.52. The molecule has 8 nitrogen and oxygen atoms in total. The lowest BCUT2D eigenvalue weighted by Gasteiger charge is -2.35. The average molecular weight is 448 g/mol. The van der Waals surface area contributed by atoms with Crippen LogP contribution in [0.3, 0.4) is 0 Å². The standard InChI is InChI=1S/C25H29N5O3/c1-3-22(31)29-12-10-16-20(14-29)27-23(28-24(16)32)21-9-4-5-11-30(21)25(33)19-13-17-15(2)7-6-8-18(17)26-19/h6-8,13,21,26H,3-5,9-12,14H2,1-2H3,(H,27,28,32). The molecule has 0 spiro atoms. The van der Waals surface area contributed by atoms with Gasteiger partial charge in [0.15, 0.2) is 0 Å². The molecule has 2 amide bonds. The van der Waals surface area contributed by atoms with Crippen LogP contribution < -0.4 is 5.56 Å². The Morgan fingerprint density at radius 2 is 2.03 bits per heavy atom. The van der Waals surface area contributed by atoms with Gasteiger partial charge in [-0.05, 0) is 50.3 Å². The van der Waals surface area contributed by atoms with Crippen LogP contribution in [0.1, 0.15) is 71.8 Å². The molecule has 0 saturated carbocycles. The minimum Gasteiger partial charge on any atom is -0.351 e. The maximum Gasteiger partial charge on any atom is 0.270 e. The number of amides is 2. The van der Waals surface area contributed by atoms with Crippen molar-refractivity contribution in [3.8, 4) is 0 Å². The Bertz CT molecular complexity index is 1290. The number of likely N-dealkylation sites (tertiary alicyclic amines) is 1. The van der Waals surface area contributed by atoms with Gasteiger partial charge in [-0.25, -0.2) is 4.98 Å². The van der Waals surface area contributed by atoms with Crippen LogP contribution >= 0.6 is 0 Å². The summed E-state index contributed by atoms with van der Waals surface area (Å²) in [5.74, 6) is 0.496. The van der Waals surface area contributed by atoms with Crippen LogP contribution in [-0.4, -0.2) is 49.7 Å². The van der Waals surface area contributed by atoms with Gasteiger partial charge >= 0.3 is 0 Å². The maximum atomic E-state index is 13.5. The fourth-order valence-corrected chi connectivity index (χ4v) is 5.09. The molecule has 2 aliphatic heterocycles. The molecule has 2 aromatic heterocycles. The van der Waals surface area contributed by atoms with Gasteiger partial charge in [0.1, 0.15) is 11.5 Å². The van der Waals surface area contributed by atoms with Crippen molar-refractivity contribution >= 4 is 22.7 Å². The molecule has 1 saturated heterocycles. The van der Waals surface area contributed by atoms with E-state index >= 15 is 0 Å². The minimum absolute atomic E-state index is 0.0628. The highest BCUT2D eigenvalue weighted by atomic mass is 16.2. The molecule has 4 heterocycles. The third kappa shape index (κ3) is 3.83. The number of carbonyl (C=O) groups is 2. The molecule has 3 aromatic rings. The molecule has 0 bridgehead atoms. The van der Waals surface area contributed by atoms with E-state index in [4.69, 9.17) is 4.98 Å². The summed E-state index contributed by atoms with van der Waals surface area (Å²) in [6, 6.07) is 7.59. The predicted molar refractivity (Wildman–Crippen MR) is 125 cm³/mol. The van der Waals surface area contributed by atoms with E-state index in [1.807, 2.05) is 43.0 Å². The molecule has 2 N–H and O–H groups in total. The van der Waals surface area contributed by atoms with E-state index in [1.54, 1.807) is 4.90 Å². The number of benzene rings is 1. The number of piperidine rings is 1. The zero-order valence-electron chi connectivity index (χ0n) is 19.1. The van der Waals surface area contributed by atoms with Gasteiger partial charge in [0.05, 0.1) is 18.3 Å². The van der Waals surface area contributed by atoms with Crippen LogP contribution in [0.5, 0.6) is 0 Å². The highest BCUT2D eigenvalue weighted by Crippen LogP contribution is 2.31. The summed E-state index contributed by atoms with van der Waals surface area (Å²) in [4.78, 5) is 53.2. The van der Waals surface area contributed by atoms with E-state index in [1.165, 1.54) is 0 Å². The van der Waals surface area contributed by atoms with Crippen LogP contribution in [-0.2, 0) is 17.8 Å². The molecule has 0 radical (unpaired) electrons. The molecule has 0 aliphatic carbocycles. The number of nitrogens with one attached hydrogen (secondary N) is 2. The number of aryl methyl sites for hydroxylation is 1. The summed E-state index contributed by atoms with van der Waals surface area (Å²) in [6.07, 6.45) is 3.55. The lowest BCUT2D eigenvalue weighted by molar-refractivity contribution is -0.131. The zero-order valence-corrected chi connectivity index (χ0v) is 19.1. The highest BCUT2D eigenvalue weighted by Gasteiger charge is 2.33. The van der Waals surface area contributed by atoms with Crippen molar-refractivity contribution in [1.82, 2.24) is 24.8 Å². The number of hydrogen-bond donors (Lipinski definition) is 2. The second kappa shape index (κ2) is 8.50. The van der Waals surface area contributed by atoms with Crippen molar-refractivity contribution in [2.75, 3.05) is 13.1 Å². The van der Waals surface area contributed by atoms with E-state index in [9.17, 15) is 14.4 Å². The van der Waals surface area contributed by atoms with Crippen molar-refractivity contribution < 1.29 is 9.59 Å². The average Bonchev–Trinajstić information content (AvgIpc) is 3.28. The number of hydrogen-bond acceptors (Lipinski definition) is 4.